The van der Waals surface area contributed by atoms with Gasteiger partial charge in [-0.2, -0.15) is 0 Å². The average Bonchev–Trinajstić information content (AvgIpc) is 1.50. The molecule has 0 atom stereocenters. The second-order valence-electron chi connectivity index (χ2n) is 15.5. The zero-order valence-corrected chi connectivity index (χ0v) is 34.9. The highest BCUT2D eigenvalue weighted by Gasteiger charge is 2.46. The van der Waals surface area contributed by atoms with Crippen molar-refractivity contribution in [2.75, 3.05) is 4.90 Å². The van der Waals surface area contributed by atoms with Gasteiger partial charge in [0.1, 0.15) is 11.2 Å². The number of benzene rings is 11. The van der Waals surface area contributed by atoms with Crippen LogP contribution in [-0.4, -0.2) is 0 Å². The van der Waals surface area contributed by atoms with E-state index in [1.807, 2.05) is 0 Å². The lowest BCUT2D eigenvalue weighted by molar-refractivity contribution is 0.660. The van der Waals surface area contributed by atoms with Crippen LogP contribution in [0, 0.1) is 0 Å². The van der Waals surface area contributed by atoms with Crippen molar-refractivity contribution in [2.45, 2.75) is 24.5 Å². The molecule has 14 rings (SSSR count). The maximum Gasteiger partial charge on any atom is 0.143 e. The summed E-state index contributed by atoms with van der Waals surface area (Å²) in [6.07, 6.45) is 0. The van der Waals surface area contributed by atoms with Gasteiger partial charge in [0, 0.05) is 52.6 Å². The molecule has 0 unspecified atom stereocenters. The molecule has 330 valence electrons. The number of anilines is 3. The molecule has 2 nitrogen and oxygen atoms in total. The van der Waals surface area contributed by atoms with Crippen LogP contribution in [0.3, 0.4) is 0 Å². The highest BCUT2D eigenvalue weighted by Crippen LogP contribution is 2.58. The Balaban J connectivity index is 1.27. The first-order chi connectivity index (χ1) is 54.1. The third-order valence-electron chi connectivity index (χ3n) is 11.9. The van der Waals surface area contributed by atoms with E-state index in [0.717, 1.165) is 0 Å². The van der Waals surface area contributed by atoms with E-state index in [9.17, 15) is 42.5 Å². The fourth-order valence-electron chi connectivity index (χ4n) is 8.99. The Morgan fingerprint density at radius 2 is 0.914 bits per heavy atom. The second-order valence-corrected chi connectivity index (χ2v) is 15.5. The lowest BCUT2D eigenvalue weighted by Crippen LogP contribution is -2.28. The van der Waals surface area contributed by atoms with Gasteiger partial charge in [-0.3, -0.25) is 0 Å². The van der Waals surface area contributed by atoms with Gasteiger partial charge < -0.3 is 9.32 Å². The minimum absolute atomic E-state index is 0.0581. The average molecular weight is 941 g/mol. The van der Waals surface area contributed by atoms with Crippen molar-refractivity contribution in [3.8, 4) is 44.5 Å². The standard InChI is InChI=1S/C68H47NO/c1-67(2)60-29-14-11-24-53(60)55-40-37-49(42-62(55)67)69(50-38-41-56-54-25-12-15-30-61(54)68(63(56)43-50,46-19-5-3-6-20-46)47-21-7-4-8-22-47)48-35-32-45(33-36-48)52-39-34-44-18-9-10-23-51(44)65(52)59-28-17-27-58-57-26-13-16-31-64(57)70-66(58)59/h3-43H,1-2H3/i1D3,2D3,3D,4D,5D,6D,7D,8D,9D,10D,11D,12D,13D,14D,15D,16D,17D,18D,19D,20D,21D,22D,23D,24D,25D,26D,27D,28D,29D,30D,31D,32D,33D,34D,35D,36D,37D,38D,39D,40D,41D,42D,43D. The molecule has 0 bridgehead atoms. The fraction of sp³-hybridized carbons (Fsp3) is 0.0588. The van der Waals surface area contributed by atoms with Gasteiger partial charge in [-0.25, -0.2) is 0 Å². The number of hydrogen-bond acceptors (Lipinski definition) is 2. The van der Waals surface area contributed by atoms with Gasteiger partial charge in [-0.05, 0) is 120 Å². The summed E-state index contributed by atoms with van der Waals surface area (Å²) >= 11 is 0. The summed E-state index contributed by atoms with van der Waals surface area (Å²) in [6, 6.07) is -55.3. The van der Waals surface area contributed by atoms with E-state index >= 15 is 0 Å². The van der Waals surface area contributed by atoms with Crippen LogP contribution in [0.4, 0.5) is 17.1 Å². The van der Waals surface area contributed by atoms with Crippen LogP contribution < -0.4 is 4.90 Å². The van der Waals surface area contributed by atoms with Crippen LogP contribution in [0.25, 0.3) is 77.2 Å². The molecule has 0 aliphatic heterocycles. The molecular weight excluding hydrogens is 847 g/mol. The largest absolute Gasteiger partial charge is 0.455 e. The van der Waals surface area contributed by atoms with Crippen molar-refractivity contribution < 1.29 is 68.8 Å². The van der Waals surface area contributed by atoms with Gasteiger partial charge in [0.2, 0.25) is 0 Å². The van der Waals surface area contributed by atoms with Crippen LogP contribution in [0.5, 0.6) is 0 Å². The molecule has 11 aromatic carbocycles. The molecule has 0 amide bonds. The van der Waals surface area contributed by atoms with Gasteiger partial charge in [0.15, 0.2) is 0 Å². The highest BCUT2D eigenvalue weighted by atomic mass is 16.3. The number of para-hydroxylation sites is 2. The summed E-state index contributed by atoms with van der Waals surface area (Å²) in [4.78, 5) is -0.0581. The Bertz CT molecular complexity index is 6580. The van der Waals surface area contributed by atoms with Gasteiger partial charge >= 0.3 is 0 Å². The summed E-state index contributed by atoms with van der Waals surface area (Å²) in [6.45, 7) is -8.57. The first kappa shape index (κ1) is 15.1. The first-order valence-electron chi connectivity index (χ1n) is 44.1. The molecule has 2 aliphatic rings. The Hall–Kier alpha value is -8.72. The maximum absolute atomic E-state index is 11.0. The monoisotopic (exact) mass is 941 g/mol. The summed E-state index contributed by atoms with van der Waals surface area (Å²) in [7, 11) is 0. The van der Waals surface area contributed by atoms with Gasteiger partial charge in [0.25, 0.3) is 0 Å². The zero-order chi connectivity index (χ0) is 87.2. The van der Waals surface area contributed by atoms with E-state index in [0.29, 0.717) is 0 Å². The SMILES string of the molecule is [2H]c1c([2H])c([2H])c(C2(c3c([2H])c([2H])c([2H])c([2H])c3[2H])c3c([2H])c([2H])c([2H])c([2H])c3-c3c([2H])c([2H])c(N(c4c([2H])c([2H])c(-c5c([2H])c([2H])c6c([2H])c([2H])c([2H])c([2H])c6c5-c5c([2H])c([2H])c([2H])c6c5oc5c([2H])c([2H])c([2H])c([2H])c56)c([2H])c4[2H])c4c([2H])c([2H])c5c(c4[2H])C(C([2H])([2H])[2H])(C([2H])([2H])[2H])c4c([2H])c([2H])c([2H])c([2H])c4-5)c([2H])c32)c([2H])c1[2H]. The molecule has 12 aromatic rings. The minimum atomic E-state index is -4.28. The molecule has 2 heteroatoms. The van der Waals surface area contributed by atoms with E-state index in [4.69, 9.17) is 26.3 Å². The highest BCUT2D eigenvalue weighted by molar-refractivity contribution is 6.14. The van der Waals surface area contributed by atoms with Crippen LogP contribution in [-0.2, 0) is 10.8 Å². The van der Waals surface area contributed by atoms with E-state index < -0.39 is 400 Å². The van der Waals surface area contributed by atoms with Crippen molar-refractivity contribution >= 4 is 49.8 Å². The summed E-state index contributed by atoms with van der Waals surface area (Å²) in [5, 5.41) is -3.24. The number of nitrogens with zero attached hydrogens (tertiary/aromatic N) is 1. The Morgan fingerprint density at radius 1 is 0.386 bits per heavy atom. The fourth-order valence-corrected chi connectivity index (χ4v) is 8.99. The van der Waals surface area contributed by atoms with Crippen molar-refractivity contribution in [1.82, 2.24) is 0 Å². The lowest BCUT2D eigenvalue weighted by Gasteiger charge is -2.35. The third kappa shape index (κ3) is 5.80. The molecule has 0 spiro atoms. The van der Waals surface area contributed by atoms with E-state index in [1.165, 1.54) is 0 Å². The van der Waals surface area contributed by atoms with Crippen LogP contribution in [0.2, 0.25) is 0 Å². The molecule has 2 aliphatic carbocycles. The maximum atomic E-state index is 11.0. The predicted molar refractivity (Wildman–Crippen MR) is 292 cm³/mol. The number of furan rings is 1. The van der Waals surface area contributed by atoms with E-state index in [-0.39, 0.29) is 4.90 Å². The second kappa shape index (κ2) is 15.4. The van der Waals surface area contributed by atoms with Gasteiger partial charge in [0.05, 0.1) is 61.6 Å². The molecule has 0 saturated carbocycles. The topological polar surface area (TPSA) is 16.4 Å². The first-order valence-corrected chi connectivity index (χ1v) is 20.6. The van der Waals surface area contributed by atoms with Gasteiger partial charge in [-0.1, -0.05) is 219 Å². The van der Waals surface area contributed by atoms with Crippen molar-refractivity contribution in [1.29, 1.82) is 0 Å². The van der Waals surface area contributed by atoms with Crippen LogP contribution in [0.1, 0.15) is 112 Å². The molecule has 70 heavy (non-hydrogen) atoms. The minimum Gasteiger partial charge on any atom is -0.455 e. The lowest BCUT2D eigenvalue weighted by atomic mass is 9.67. The van der Waals surface area contributed by atoms with Crippen LogP contribution in [0.15, 0.2) is 252 Å². The summed E-state index contributed by atoms with van der Waals surface area (Å²) in [5.41, 5.74) is -32.1. The van der Waals surface area contributed by atoms with Crippen molar-refractivity contribution in [3.63, 3.8) is 0 Å². The number of hydrogen-bond donors (Lipinski definition) is 0. The van der Waals surface area contributed by atoms with E-state index in [2.05, 4.69) is 0 Å². The number of rotatable bonds is 7. The van der Waals surface area contributed by atoms with Crippen molar-refractivity contribution in [3.05, 3.63) is 281 Å². The molecule has 1 heterocycles. The Kier molecular flexibility index (Phi) is 3.33. The Labute approximate surface area is 474 Å². The molecule has 0 fully saturated rings. The molecule has 1 aromatic heterocycles. The van der Waals surface area contributed by atoms with Crippen molar-refractivity contribution in [2.24, 2.45) is 0 Å². The smallest absolute Gasteiger partial charge is 0.143 e. The summed E-state index contributed by atoms with van der Waals surface area (Å²) < 4.78 is 451. The van der Waals surface area contributed by atoms with Gasteiger partial charge in [-0.15, -0.1) is 0 Å². The zero-order valence-electron chi connectivity index (χ0n) is 81.9. The molecule has 0 N–H and O–H groups in total. The quantitative estimate of drug-likeness (QED) is 0.158. The molecule has 0 saturated heterocycles. The number of fused-ring (bicyclic) bond motifs is 10. The Morgan fingerprint density at radius 3 is 1.64 bits per heavy atom. The van der Waals surface area contributed by atoms with Crippen LogP contribution >= 0.6 is 0 Å². The summed E-state index contributed by atoms with van der Waals surface area (Å²) in [5.74, 6) is 0. The normalized spacial score (nSPS) is 23.6. The third-order valence-corrected chi connectivity index (χ3v) is 11.9. The molecule has 0 radical (unpaired) electrons. The predicted octanol–water partition coefficient (Wildman–Crippen LogP) is 18.2. The van der Waals surface area contributed by atoms with E-state index in [1.54, 1.807) is 0 Å². The molecular formula is C68H47NO.